The summed E-state index contributed by atoms with van der Waals surface area (Å²) in [4.78, 5) is 9.53. The molecule has 268 valence electrons. The zero-order valence-electron chi connectivity index (χ0n) is 33.9. The fourth-order valence-electron chi connectivity index (χ4n) is 8.24. The fraction of sp³-hybridized carbons (Fsp3) is 0.0588. The van der Waals surface area contributed by atoms with Gasteiger partial charge in [-0.05, 0) is 119 Å². The molecule has 10 aromatic rings. The van der Waals surface area contributed by atoms with Gasteiger partial charge < -0.3 is 4.74 Å². The Hall–Kier alpha value is -7.24. The summed E-state index contributed by atoms with van der Waals surface area (Å²) in [6, 6.07) is 55.0. The van der Waals surface area contributed by atoms with Crippen molar-refractivity contribution < 1.29 is 8.85 Å². The van der Waals surface area contributed by atoms with Gasteiger partial charge in [0.1, 0.15) is 23.6 Å². The van der Waals surface area contributed by atoms with Crippen LogP contribution >= 0.6 is 0 Å². The molecule has 0 aliphatic heterocycles. The van der Waals surface area contributed by atoms with Crippen molar-refractivity contribution in [2.24, 2.45) is 0 Å². The highest BCUT2D eigenvalue weighted by molar-refractivity contribution is 6.09. The van der Waals surface area contributed by atoms with Crippen molar-refractivity contribution in [2.45, 2.75) is 20.7 Å². The number of benzene rings is 7. The van der Waals surface area contributed by atoms with Crippen molar-refractivity contribution in [1.82, 2.24) is 19.1 Å². The smallest absolute Gasteiger partial charge is 0.138 e. The molecule has 0 atom stereocenters. The highest BCUT2D eigenvalue weighted by atomic mass is 16.5. The van der Waals surface area contributed by atoms with Crippen LogP contribution in [-0.2, 0) is 0 Å². The molecule has 0 bridgehead atoms. The molecule has 0 unspecified atom stereocenters. The average Bonchev–Trinajstić information content (AvgIpc) is 3.83. The van der Waals surface area contributed by atoms with E-state index < -0.39 is 6.85 Å². The molecular formula is C51H38N4O. The normalized spacial score (nSPS) is 12.5. The van der Waals surface area contributed by atoms with E-state index in [4.69, 9.17) is 13.8 Å². The molecule has 56 heavy (non-hydrogen) atoms. The van der Waals surface area contributed by atoms with Gasteiger partial charge in [-0.25, -0.2) is 9.97 Å². The van der Waals surface area contributed by atoms with Gasteiger partial charge in [-0.15, -0.1) is 0 Å². The topological polar surface area (TPSA) is 44.9 Å². The lowest BCUT2D eigenvalue weighted by Crippen LogP contribution is -2.02. The van der Waals surface area contributed by atoms with Gasteiger partial charge in [0.2, 0.25) is 0 Å². The maximum Gasteiger partial charge on any atom is 0.138 e. The summed E-state index contributed by atoms with van der Waals surface area (Å²) in [5.74, 6) is 1.93. The van der Waals surface area contributed by atoms with Gasteiger partial charge in [-0.2, -0.15) is 0 Å². The zero-order valence-corrected chi connectivity index (χ0v) is 30.9. The predicted molar refractivity (Wildman–Crippen MR) is 230 cm³/mol. The van der Waals surface area contributed by atoms with E-state index in [9.17, 15) is 0 Å². The predicted octanol–water partition coefficient (Wildman–Crippen LogP) is 13.2. The van der Waals surface area contributed by atoms with Gasteiger partial charge in [-0.3, -0.25) is 9.13 Å². The van der Waals surface area contributed by atoms with Crippen molar-refractivity contribution in [1.29, 1.82) is 0 Å². The quantitative estimate of drug-likeness (QED) is 0.164. The number of pyridine rings is 1. The lowest BCUT2D eigenvalue weighted by Gasteiger charge is -2.23. The number of ether oxygens (including phenoxy) is 1. The second-order valence-corrected chi connectivity index (χ2v) is 14.2. The molecule has 0 radical (unpaired) electrons. The van der Waals surface area contributed by atoms with E-state index in [1.165, 1.54) is 0 Å². The van der Waals surface area contributed by atoms with Crippen molar-refractivity contribution in [3.8, 4) is 56.4 Å². The first-order valence-corrected chi connectivity index (χ1v) is 18.7. The second kappa shape index (κ2) is 13.6. The Kier molecular flexibility index (Phi) is 7.29. The second-order valence-electron chi connectivity index (χ2n) is 14.2. The monoisotopic (exact) mass is 725 g/mol. The third kappa shape index (κ3) is 5.64. The molecule has 5 nitrogen and oxygen atoms in total. The third-order valence-electron chi connectivity index (χ3n) is 10.7. The minimum atomic E-state index is -2.44. The van der Waals surface area contributed by atoms with Crippen LogP contribution in [0.15, 0.2) is 176 Å². The summed E-state index contributed by atoms with van der Waals surface area (Å²) in [6.07, 6.45) is 3.38. The Bertz CT molecular complexity index is 3140. The highest BCUT2D eigenvalue weighted by Crippen LogP contribution is 2.46. The van der Waals surface area contributed by atoms with Crippen molar-refractivity contribution >= 4 is 32.8 Å². The number of para-hydroxylation sites is 3. The minimum absolute atomic E-state index is 0.191. The SMILES string of the molecule is [2H]C([2H])([2H])c1cnc(-n2c3ccccc3c3ccc(Oc4cccc(-n5cnc6ccccc65)c4)cc32)cc1-c1c(-c2ccccc2)c(C)cc(C)c1-c1ccccc1. The Morgan fingerprint density at radius 2 is 1.18 bits per heavy atom. The molecule has 0 spiro atoms. The first kappa shape index (κ1) is 30.1. The third-order valence-corrected chi connectivity index (χ3v) is 10.7. The van der Waals surface area contributed by atoms with Crippen LogP contribution in [0.2, 0.25) is 0 Å². The number of rotatable bonds is 7. The first-order chi connectivity index (χ1) is 28.7. The zero-order chi connectivity index (χ0) is 40.3. The van der Waals surface area contributed by atoms with Gasteiger partial charge in [-0.1, -0.05) is 103 Å². The van der Waals surface area contributed by atoms with Gasteiger partial charge in [0.15, 0.2) is 0 Å². The van der Waals surface area contributed by atoms with E-state index in [0.29, 0.717) is 22.9 Å². The molecule has 7 aromatic carbocycles. The molecule has 0 N–H and O–H groups in total. The molecule has 0 aliphatic carbocycles. The van der Waals surface area contributed by atoms with Gasteiger partial charge in [0.25, 0.3) is 0 Å². The van der Waals surface area contributed by atoms with Crippen LogP contribution in [0, 0.1) is 20.7 Å². The minimum Gasteiger partial charge on any atom is -0.457 e. The van der Waals surface area contributed by atoms with E-state index in [1.54, 1.807) is 6.20 Å². The number of nitrogens with zero attached hydrogens (tertiary/aromatic N) is 4. The lowest BCUT2D eigenvalue weighted by atomic mass is 9.82. The number of aryl methyl sites for hydroxylation is 3. The summed E-state index contributed by atoms with van der Waals surface area (Å²) in [7, 11) is 0. The molecule has 5 heteroatoms. The van der Waals surface area contributed by atoms with E-state index in [1.807, 2.05) is 116 Å². The lowest BCUT2D eigenvalue weighted by molar-refractivity contribution is 0.483. The van der Waals surface area contributed by atoms with Crippen LogP contribution in [0.4, 0.5) is 0 Å². The Morgan fingerprint density at radius 3 is 1.93 bits per heavy atom. The van der Waals surface area contributed by atoms with Crippen molar-refractivity contribution in [2.75, 3.05) is 0 Å². The highest BCUT2D eigenvalue weighted by Gasteiger charge is 2.22. The number of fused-ring (bicyclic) bond motifs is 4. The van der Waals surface area contributed by atoms with Crippen LogP contribution in [0.1, 0.15) is 20.8 Å². The van der Waals surface area contributed by atoms with Crippen LogP contribution in [0.3, 0.4) is 0 Å². The van der Waals surface area contributed by atoms with Gasteiger partial charge in [0, 0.05) is 33.2 Å². The molecule has 0 aliphatic rings. The summed E-state index contributed by atoms with van der Waals surface area (Å²) < 4.78 is 37.2. The average molecular weight is 726 g/mol. The van der Waals surface area contributed by atoms with Crippen molar-refractivity contribution in [3.05, 3.63) is 193 Å². The maximum atomic E-state index is 8.83. The molecular weight excluding hydrogens is 685 g/mol. The summed E-state index contributed by atoms with van der Waals surface area (Å²) >= 11 is 0. The maximum absolute atomic E-state index is 8.83. The summed E-state index contributed by atoms with van der Waals surface area (Å²) in [5, 5.41) is 2.07. The standard InChI is InChI=1S/C51H38N4O/c1-33-27-34(2)50(37-17-8-5-9-18-37)51(49(33)36-15-6-4-7-16-36)43-30-48(52-31-35(43)3)55-45-23-12-10-21-41(45)42-26-25-40(29-47(42)55)56-39-20-14-19-38(28-39)54-32-53-44-22-11-13-24-46(44)54/h4-32H,1-3H3/i3D3. The van der Waals surface area contributed by atoms with Gasteiger partial charge in [0.05, 0.1) is 27.8 Å². The summed E-state index contributed by atoms with van der Waals surface area (Å²) in [6.45, 7) is 1.76. The van der Waals surface area contributed by atoms with E-state index in [2.05, 4.69) is 82.6 Å². The molecule has 0 saturated carbocycles. The van der Waals surface area contributed by atoms with Crippen LogP contribution in [0.25, 0.3) is 77.7 Å². The number of hydrogen-bond donors (Lipinski definition) is 0. The number of hydrogen-bond acceptors (Lipinski definition) is 3. The molecule has 3 aromatic heterocycles. The Balaban J connectivity index is 1.18. The van der Waals surface area contributed by atoms with Crippen LogP contribution in [-0.4, -0.2) is 19.1 Å². The van der Waals surface area contributed by atoms with Gasteiger partial charge >= 0.3 is 0 Å². The molecule has 10 rings (SSSR count). The Morgan fingerprint density at radius 1 is 0.518 bits per heavy atom. The largest absolute Gasteiger partial charge is 0.457 e. The molecule has 0 amide bonds. The van der Waals surface area contributed by atoms with Crippen LogP contribution < -0.4 is 4.74 Å². The Labute approximate surface area is 330 Å². The number of aromatic nitrogens is 4. The molecule has 3 heterocycles. The van der Waals surface area contributed by atoms with E-state index >= 15 is 0 Å². The molecule has 0 saturated heterocycles. The van der Waals surface area contributed by atoms with E-state index in [-0.39, 0.29) is 5.56 Å². The summed E-state index contributed by atoms with van der Waals surface area (Å²) in [5.41, 5.74) is 12.5. The molecule has 0 fully saturated rings. The van der Waals surface area contributed by atoms with Crippen LogP contribution in [0.5, 0.6) is 11.5 Å². The fourth-order valence-corrected chi connectivity index (χ4v) is 8.24. The number of imidazole rings is 1. The van der Waals surface area contributed by atoms with E-state index in [0.717, 1.165) is 77.5 Å². The first-order valence-electron chi connectivity index (χ1n) is 20.2. The van der Waals surface area contributed by atoms with Crippen molar-refractivity contribution in [3.63, 3.8) is 0 Å².